The van der Waals surface area contributed by atoms with Crippen molar-refractivity contribution in [3.63, 3.8) is 0 Å². The van der Waals surface area contributed by atoms with Crippen LogP contribution in [0.15, 0.2) is 121 Å². The standard InChI is InChI=1S/C18H13ClN4.C18H15N3/c1-23-17(13-10-6-3-7-11-13)14-15(19)16(20-21-18(14)22-23)12-8-4-2-5-9-12;1-21-17(15-10-6-3-7-11-15)16(18(19)20-21)13-12-14-8-4-2-5-9-14/h2-11H,1H3;2-11H,1H3,(H2,19,20). The van der Waals surface area contributed by atoms with E-state index in [1.165, 1.54) is 0 Å². The lowest BCUT2D eigenvalue weighted by molar-refractivity contribution is 0.780. The topological polar surface area (TPSA) is 87.4 Å². The van der Waals surface area contributed by atoms with E-state index in [0.717, 1.165) is 44.6 Å². The molecule has 0 bridgehead atoms. The van der Waals surface area contributed by atoms with Gasteiger partial charge in [0.25, 0.3) is 0 Å². The lowest BCUT2D eigenvalue weighted by atomic mass is 10.1. The van der Waals surface area contributed by atoms with Crippen molar-refractivity contribution in [2.75, 3.05) is 5.73 Å². The number of halogens is 1. The van der Waals surface area contributed by atoms with Gasteiger partial charge in [0.2, 0.25) is 5.65 Å². The zero-order valence-electron chi connectivity index (χ0n) is 24.2. The molecule has 2 N–H and O–H groups in total. The van der Waals surface area contributed by atoms with Crippen molar-refractivity contribution < 1.29 is 0 Å². The van der Waals surface area contributed by atoms with E-state index >= 15 is 0 Å². The molecule has 7 aromatic rings. The third-order valence-corrected chi connectivity index (χ3v) is 7.39. The van der Waals surface area contributed by atoms with Crippen LogP contribution in [0.4, 0.5) is 5.82 Å². The second-order valence-electron chi connectivity index (χ2n) is 9.98. The van der Waals surface area contributed by atoms with Gasteiger partial charge in [0.05, 0.1) is 27.4 Å². The molecule has 0 aliphatic heterocycles. The Kier molecular flexibility index (Phi) is 8.17. The monoisotopic (exact) mass is 593 g/mol. The number of aryl methyl sites for hydroxylation is 2. The van der Waals surface area contributed by atoms with Crippen LogP contribution in [0.25, 0.3) is 44.8 Å². The maximum atomic E-state index is 6.69. The molecule has 0 unspecified atom stereocenters. The van der Waals surface area contributed by atoms with Crippen LogP contribution < -0.4 is 5.73 Å². The summed E-state index contributed by atoms with van der Waals surface area (Å²) < 4.78 is 3.58. The van der Waals surface area contributed by atoms with E-state index in [1.807, 2.05) is 135 Å². The van der Waals surface area contributed by atoms with Crippen molar-refractivity contribution in [1.82, 2.24) is 29.8 Å². The van der Waals surface area contributed by atoms with Crippen molar-refractivity contribution >= 4 is 28.5 Å². The maximum Gasteiger partial charge on any atom is 0.205 e. The Labute approximate surface area is 260 Å². The van der Waals surface area contributed by atoms with Gasteiger partial charge in [0.15, 0.2) is 5.82 Å². The van der Waals surface area contributed by atoms with Gasteiger partial charge in [-0.15, -0.1) is 10.2 Å². The molecule has 0 fully saturated rings. The Hall–Kier alpha value is -5.71. The summed E-state index contributed by atoms with van der Waals surface area (Å²) in [4.78, 5) is 0. The molecule has 0 atom stereocenters. The molecule has 3 heterocycles. The third kappa shape index (κ3) is 5.80. The molecule has 0 amide bonds. The highest BCUT2D eigenvalue weighted by Crippen LogP contribution is 2.37. The van der Waals surface area contributed by atoms with E-state index in [0.29, 0.717) is 22.2 Å². The summed E-state index contributed by atoms with van der Waals surface area (Å²) >= 11 is 6.69. The fourth-order valence-corrected chi connectivity index (χ4v) is 5.32. The zero-order valence-corrected chi connectivity index (χ0v) is 24.9. The molecule has 0 aliphatic rings. The number of aromatic nitrogens is 6. The molecule has 214 valence electrons. The van der Waals surface area contributed by atoms with Crippen molar-refractivity contribution in [3.8, 4) is 45.6 Å². The Morgan fingerprint density at radius 1 is 0.591 bits per heavy atom. The van der Waals surface area contributed by atoms with Crippen LogP contribution in [0.2, 0.25) is 5.02 Å². The van der Waals surface area contributed by atoms with E-state index in [4.69, 9.17) is 17.3 Å². The molecule has 7 rings (SSSR count). The second-order valence-corrected chi connectivity index (χ2v) is 10.4. The van der Waals surface area contributed by atoms with Gasteiger partial charge >= 0.3 is 0 Å². The van der Waals surface area contributed by atoms with Crippen molar-refractivity contribution in [1.29, 1.82) is 0 Å². The smallest absolute Gasteiger partial charge is 0.205 e. The van der Waals surface area contributed by atoms with Crippen molar-refractivity contribution in [3.05, 3.63) is 137 Å². The first kappa shape index (κ1) is 28.4. The van der Waals surface area contributed by atoms with E-state index < -0.39 is 0 Å². The largest absolute Gasteiger partial charge is 0.381 e. The quantitative estimate of drug-likeness (QED) is 0.215. The fourth-order valence-electron chi connectivity index (χ4n) is 5.00. The zero-order chi connectivity index (χ0) is 30.5. The summed E-state index contributed by atoms with van der Waals surface area (Å²) in [5.74, 6) is 6.76. The number of benzene rings is 4. The average Bonchev–Trinajstić information content (AvgIpc) is 3.56. The van der Waals surface area contributed by atoms with E-state index in [-0.39, 0.29) is 0 Å². The highest BCUT2D eigenvalue weighted by molar-refractivity contribution is 6.38. The third-order valence-electron chi connectivity index (χ3n) is 7.02. The van der Waals surface area contributed by atoms with Gasteiger partial charge in [-0.3, -0.25) is 9.36 Å². The first-order valence-corrected chi connectivity index (χ1v) is 14.3. The average molecular weight is 594 g/mol. The summed E-state index contributed by atoms with van der Waals surface area (Å²) in [5.41, 5.74) is 13.9. The number of nitrogens with two attached hydrogens (primary N) is 1. The minimum Gasteiger partial charge on any atom is -0.381 e. The summed E-state index contributed by atoms with van der Waals surface area (Å²) in [6.45, 7) is 0. The molecule has 0 aliphatic carbocycles. The van der Waals surface area contributed by atoms with Gasteiger partial charge in [0.1, 0.15) is 5.69 Å². The molecular weight excluding hydrogens is 566 g/mol. The minimum absolute atomic E-state index is 0.458. The number of hydrogen-bond acceptors (Lipinski definition) is 5. The molecule has 0 radical (unpaired) electrons. The van der Waals surface area contributed by atoms with Crippen molar-refractivity contribution in [2.24, 2.45) is 14.1 Å². The predicted octanol–water partition coefficient (Wildman–Crippen LogP) is 7.42. The molecule has 0 saturated carbocycles. The maximum absolute atomic E-state index is 6.69. The van der Waals surface area contributed by atoms with Gasteiger partial charge in [-0.05, 0) is 12.1 Å². The van der Waals surface area contributed by atoms with Crippen LogP contribution in [0.5, 0.6) is 0 Å². The van der Waals surface area contributed by atoms with Gasteiger partial charge < -0.3 is 5.73 Å². The molecule has 0 spiro atoms. The fraction of sp³-hybridized carbons (Fsp3) is 0.0556. The molecule has 0 saturated heterocycles. The number of anilines is 1. The normalized spacial score (nSPS) is 10.5. The SMILES string of the molecule is Cn1nc(N)c(C#Cc2ccccc2)c1-c1ccccc1.Cn1nc2nnc(-c3ccccc3)c(Cl)c2c1-c1ccccc1. The molecule has 7 nitrogen and oxygen atoms in total. The van der Waals surface area contributed by atoms with E-state index in [9.17, 15) is 0 Å². The summed E-state index contributed by atoms with van der Waals surface area (Å²) in [6, 6.07) is 39.8. The van der Waals surface area contributed by atoms with Gasteiger partial charge in [-0.25, -0.2) is 0 Å². The lowest BCUT2D eigenvalue weighted by Crippen LogP contribution is -1.94. The molecule has 44 heavy (non-hydrogen) atoms. The molecule has 4 aromatic carbocycles. The van der Waals surface area contributed by atoms with E-state index in [2.05, 4.69) is 32.2 Å². The number of nitrogen functional groups attached to an aromatic ring is 1. The molecule has 3 aromatic heterocycles. The Bertz CT molecular complexity index is 2090. The summed E-state index contributed by atoms with van der Waals surface area (Å²) in [7, 11) is 3.77. The van der Waals surface area contributed by atoms with Crippen LogP contribution in [0, 0.1) is 11.8 Å². The Balaban J connectivity index is 0.000000157. The Morgan fingerprint density at radius 3 is 1.68 bits per heavy atom. The van der Waals surface area contributed by atoms with Crippen LogP contribution >= 0.6 is 11.6 Å². The van der Waals surface area contributed by atoms with E-state index in [1.54, 1.807) is 9.36 Å². The highest BCUT2D eigenvalue weighted by Gasteiger charge is 2.19. The number of hydrogen-bond donors (Lipinski definition) is 1. The van der Waals surface area contributed by atoms with Crippen molar-refractivity contribution in [2.45, 2.75) is 0 Å². The van der Waals surface area contributed by atoms with Crippen LogP contribution in [0.3, 0.4) is 0 Å². The summed E-state index contributed by atoms with van der Waals surface area (Å²) in [5, 5.41) is 18.7. The second kappa shape index (κ2) is 12.7. The first-order valence-electron chi connectivity index (χ1n) is 14.0. The van der Waals surface area contributed by atoms with Crippen LogP contribution in [0.1, 0.15) is 11.1 Å². The minimum atomic E-state index is 0.458. The van der Waals surface area contributed by atoms with Gasteiger partial charge in [-0.2, -0.15) is 10.2 Å². The van der Waals surface area contributed by atoms with Gasteiger partial charge in [-0.1, -0.05) is 133 Å². The highest BCUT2D eigenvalue weighted by atomic mass is 35.5. The van der Waals surface area contributed by atoms with Crippen LogP contribution in [-0.2, 0) is 14.1 Å². The summed E-state index contributed by atoms with van der Waals surface area (Å²) in [6.07, 6.45) is 0. The predicted molar refractivity (Wildman–Crippen MR) is 178 cm³/mol. The molecule has 8 heteroatoms. The lowest BCUT2D eigenvalue weighted by Gasteiger charge is -2.06. The van der Waals surface area contributed by atoms with Crippen LogP contribution in [-0.4, -0.2) is 29.8 Å². The Morgan fingerprint density at radius 2 is 1.09 bits per heavy atom. The first-order chi connectivity index (χ1) is 21.5. The number of fused-ring (bicyclic) bond motifs is 1. The number of rotatable bonds is 3. The molecular formula is C36H28ClN7. The number of nitrogens with zero attached hydrogens (tertiary/aromatic N) is 6. The van der Waals surface area contributed by atoms with Gasteiger partial charge in [0, 0.05) is 36.3 Å².